The molecular formula is C10H13ClOS. The van der Waals surface area contributed by atoms with Gasteiger partial charge in [-0.15, -0.1) is 0 Å². The fourth-order valence-corrected chi connectivity index (χ4v) is 1.86. The van der Waals surface area contributed by atoms with Crippen molar-refractivity contribution in [2.45, 2.75) is 12.7 Å². The molecule has 1 nitrogen and oxygen atoms in total. The standard InChI is InChI=1S/C10H13ClOS/c1-8-6-9(2-3-10(8)11)7-13-5-4-12/h2-3,6,12H,4-5,7H2,1H3. The zero-order valence-corrected chi connectivity index (χ0v) is 9.16. The second kappa shape index (κ2) is 5.53. The zero-order valence-electron chi connectivity index (χ0n) is 7.59. The molecule has 0 aliphatic heterocycles. The Morgan fingerprint density at radius 1 is 1.46 bits per heavy atom. The van der Waals surface area contributed by atoms with Crippen LogP contribution in [-0.2, 0) is 5.75 Å². The zero-order chi connectivity index (χ0) is 9.68. The van der Waals surface area contributed by atoms with Gasteiger partial charge in [-0.3, -0.25) is 0 Å². The first kappa shape index (κ1) is 10.9. The van der Waals surface area contributed by atoms with Gasteiger partial charge in [-0.2, -0.15) is 11.8 Å². The van der Waals surface area contributed by atoms with Crippen LogP contribution in [0.2, 0.25) is 5.02 Å². The Morgan fingerprint density at radius 2 is 2.23 bits per heavy atom. The number of aliphatic hydroxyl groups excluding tert-OH is 1. The lowest BCUT2D eigenvalue weighted by molar-refractivity contribution is 0.322. The normalized spacial score (nSPS) is 10.4. The molecule has 0 saturated heterocycles. The first-order valence-electron chi connectivity index (χ1n) is 4.17. The highest BCUT2D eigenvalue weighted by Crippen LogP contribution is 2.19. The van der Waals surface area contributed by atoms with Gasteiger partial charge in [0.05, 0.1) is 6.61 Å². The third kappa shape index (κ3) is 3.59. The minimum Gasteiger partial charge on any atom is -0.396 e. The minimum absolute atomic E-state index is 0.247. The Bertz CT molecular complexity index is 276. The van der Waals surface area contributed by atoms with Crippen LogP contribution in [0.4, 0.5) is 0 Å². The molecule has 1 aromatic carbocycles. The highest BCUT2D eigenvalue weighted by molar-refractivity contribution is 7.98. The molecule has 72 valence electrons. The third-order valence-corrected chi connectivity index (χ3v) is 3.16. The molecule has 1 N–H and O–H groups in total. The van der Waals surface area contributed by atoms with E-state index in [0.29, 0.717) is 0 Å². The molecular weight excluding hydrogens is 204 g/mol. The van der Waals surface area contributed by atoms with Gasteiger partial charge in [-0.1, -0.05) is 23.7 Å². The summed E-state index contributed by atoms with van der Waals surface area (Å²) in [5, 5.41) is 9.42. The van der Waals surface area contributed by atoms with Crippen LogP contribution >= 0.6 is 23.4 Å². The van der Waals surface area contributed by atoms with Gasteiger partial charge >= 0.3 is 0 Å². The van der Waals surface area contributed by atoms with Crippen molar-refractivity contribution in [1.29, 1.82) is 0 Å². The van der Waals surface area contributed by atoms with Crippen molar-refractivity contribution in [1.82, 2.24) is 0 Å². The molecule has 3 heteroatoms. The van der Waals surface area contributed by atoms with E-state index in [9.17, 15) is 0 Å². The summed E-state index contributed by atoms with van der Waals surface area (Å²) in [5.74, 6) is 1.74. The van der Waals surface area contributed by atoms with Gasteiger partial charge in [-0.25, -0.2) is 0 Å². The van der Waals surface area contributed by atoms with Crippen molar-refractivity contribution >= 4 is 23.4 Å². The van der Waals surface area contributed by atoms with E-state index in [0.717, 1.165) is 22.1 Å². The molecule has 1 rings (SSSR count). The van der Waals surface area contributed by atoms with Crippen LogP contribution in [0.5, 0.6) is 0 Å². The van der Waals surface area contributed by atoms with Crippen molar-refractivity contribution in [3.05, 3.63) is 34.3 Å². The molecule has 0 aromatic heterocycles. The quantitative estimate of drug-likeness (QED) is 0.782. The van der Waals surface area contributed by atoms with E-state index in [2.05, 4.69) is 6.07 Å². The van der Waals surface area contributed by atoms with Crippen molar-refractivity contribution in [2.24, 2.45) is 0 Å². The largest absolute Gasteiger partial charge is 0.396 e. The Hall–Kier alpha value is -0.180. The lowest BCUT2D eigenvalue weighted by Gasteiger charge is -2.03. The molecule has 0 atom stereocenters. The number of halogens is 1. The molecule has 0 bridgehead atoms. The van der Waals surface area contributed by atoms with Gasteiger partial charge in [0.15, 0.2) is 0 Å². The van der Waals surface area contributed by atoms with Gasteiger partial charge < -0.3 is 5.11 Å². The molecule has 0 aliphatic rings. The van der Waals surface area contributed by atoms with Crippen molar-refractivity contribution < 1.29 is 5.11 Å². The van der Waals surface area contributed by atoms with E-state index in [1.54, 1.807) is 11.8 Å². The molecule has 1 aromatic rings. The maximum absolute atomic E-state index is 8.60. The van der Waals surface area contributed by atoms with Gasteiger partial charge in [0.25, 0.3) is 0 Å². The maximum atomic E-state index is 8.60. The Morgan fingerprint density at radius 3 is 2.85 bits per heavy atom. The summed E-state index contributed by atoms with van der Waals surface area (Å²) >= 11 is 7.62. The molecule has 0 fully saturated rings. The average Bonchev–Trinajstić information content (AvgIpc) is 2.12. The highest BCUT2D eigenvalue weighted by atomic mass is 35.5. The summed E-state index contributed by atoms with van der Waals surface area (Å²) < 4.78 is 0. The number of aliphatic hydroxyl groups is 1. The first-order valence-corrected chi connectivity index (χ1v) is 5.71. The van der Waals surface area contributed by atoms with Crippen LogP contribution in [0, 0.1) is 6.92 Å². The Balaban J connectivity index is 2.53. The molecule has 13 heavy (non-hydrogen) atoms. The number of benzene rings is 1. The fraction of sp³-hybridized carbons (Fsp3) is 0.400. The average molecular weight is 217 g/mol. The summed E-state index contributed by atoms with van der Waals surface area (Å²) in [5.41, 5.74) is 2.38. The smallest absolute Gasteiger partial charge is 0.0521 e. The van der Waals surface area contributed by atoms with Gasteiger partial charge in [-0.05, 0) is 24.1 Å². The van der Waals surface area contributed by atoms with E-state index in [1.807, 2.05) is 19.1 Å². The molecule has 0 amide bonds. The minimum atomic E-state index is 0.247. The first-order chi connectivity index (χ1) is 6.24. The molecule has 0 radical (unpaired) electrons. The second-order valence-electron chi connectivity index (χ2n) is 2.86. The molecule has 0 heterocycles. The fourth-order valence-electron chi connectivity index (χ4n) is 1.05. The lowest BCUT2D eigenvalue weighted by atomic mass is 10.2. The van der Waals surface area contributed by atoms with Crippen LogP contribution in [0.3, 0.4) is 0 Å². The molecule has 0 saturated carbocycles. The highest BCUT2D eigenvalue weighted by Gasteiger charge is 1.97. The summed E-state index contributed by atoms with van der Waals surface area (Å²) in [6.45, 7) is 2.25. The van der Waals surface area contributed by atoms with Crippen LogP contribution in [0.25, 0.3) is 0 Å². The van der Waals surface area contributed by atoms with Gasteiger partial charge in [0, 0.05) is 16.5 Å². The predicted molar refractivity (Wildman–Crippen MR) is 59.4 cm³/mol. The van der Waals surface area contributed by atoms with Crippen LogP contribution < -0.4 is 0 Å². The summed E-state index contributed by atoms with van der Waals surface area (Å²) in [6, 6.07) is 6.04. The topological polar surface area (TPSA) is 20.2 Å². The number of rotatable bonds is 4. The van der Waals surface area contributed by atoms with Crippen molar-refractivity contribution in [3.63, 3.8) is 0 Å². The van der Waals surface area contributed by atoms with E-state index < -0.39 is 0 Å². The molecule has 0 aliphatic carbocycles. The summed E-state index contributed by atoms with van der Waals surface area (Å²) in [4.78, 5) is 0. The number of thioether (sulfide) groups is 1. The van der Waals surface area contributed by atoms with Crippen molar-refractivity contribution in [3.8, 4) is 0 Å². The van der Waals surface area contributed by atoms with Crippen LogP contribution in [-0.4, -0.2) is 17.5 Å². The van der Waals surface area contributed by atoms with E-state index in [1.165, 1.54) is 5.56 Å². The number of hydrogen-bond acceptors (Lipinski definition) is 2. The van der Waals surface area contributed by atoms with E-state index >= 15 is 0 Å². The van der Waals surface area contributed by atoms with Crippen LogP contribution in [0.15, 0.2) is 18.2 Å². The van der Waals surface area contributed by atoms with Crippen molar-refractivity contribution in [2.75, 3.05) is 12.4 Å². The van der Waals surface area contributed by atoms with Gasteiger partial charge in [0.1, 0.15) is 0 Å². The second-order valence-corrected chi connectivity index (χ2v) is 4.37. The molecule has 0 unspecified atom stereocenters. The monoisotopic (exact) mass is 216 g/mol. The van der Waals surface area contributed by atoms with E-state index in [4.69, 9.17) is 16.7 Å². The Kier molecular flexibility index (Phi) is 4.64. The SMILES string of the molecule is Cc1cc(CSCCO)ccc1Cl. The third-order valence-electron chi connectivity index (χ3n) is 1.73. The number of aryl methyl sites for hydroxylation is 1. The lowest BCUT2D eigenvalue weighted by Crippen LogP contribution is -1.88. The summed E-state index contributed by atoms with van der Waals surface area (Å²) in [6.07, 6.45) is 0. The molecule has 0 spiro atoms. The Labute approximate surface area is 88.1 Å². The maximum Gasteiger partial charge on any atom is 0.0521 e. The predicted octanol–water partition coefficient (Wildman–Crippen LogP) is 2.87. The number of hydrogen-bond donors (Lipinski definition) is 1. The van der Waals surface area contributed by atoms with Crippen LogP contribution in [0.1, 0.15) is 11.1 Å². The van der Waals surface area contributed by atoms with E-state index in [-0.39, 0.29) is 6.61 Å². The van der Waals surface area contributed by atoms with Gasteiger partial charge in [0.2, 0.25) is 0 Å². The summed E-state index contributed by atoms with van der Waals surface area (Å²) in [7, 11) is 0.